The third-order valence-electron chi connectivity index (χ3n) is 6.90. The molecular formula is C25H34FN3O3S. The van der Waals surface area contributed by atoms with Crippen LogP contribution < -0.4 is 5.32 Å². The van der Waals surface area contributed by atoms with Gasteiger partial charge in [0.2, 0.25) is 11.8 Å². The number of halogens is 1. The smallest absolute Gasteiger partial charge is 0.255 e. The van der Waals surface area contributed by atoms with Crippen LogP contribution in [0.4, 0.5) is 4.39 Å². The number of rotatable bonds is 10. The van der Waals surface area contributed by atoms with Crippen molar-refractivity contribution in [2.75, 3.05) is 25.4 Å². The average Bonchev–Trinajstić information content (AvgIpc) is 3.12. The molecule has 8 heteroatoms. The molecule has 2 fully saturated rings. The molecule has 1 aromatic rings. The highest BCUT2D eigenvalue weighted by Gasteiger charge is 2.40. The van der Waals surface area contributed by atoms with Gasteiger partial charge in [0.25, 0.3) is 5.91 Å². The number of nitrogens with zero attached hydrogens (tertiary/aromatic N) is 2. The summed E-state index contributed by atoms with van der Waals surface area (Å²) < 4.78 is 14.2. The van der Waals surface area contributed by atoms with Crippen molar-refractivity contribution in [3.63, 3.8) is 0 Å². The van der Waals surface area contributed by atoms with Crippen molar-refractivity contribution in [2.24, 2.45) is 0 Å². The van der Waals surface area contributed by atoms with Gasteiger partial charge in [-0.25, -0.2) is 4.39 Å². The Bertz CT molecular complexity index is 888. The Hall–Kier alpha value is -1.93. The number of likely N-dealkylation sites (tertiary alicyclic amines) is 1. The molecular weight excluding hydrogens is 441 g/mol. The number of imide groups is 1. The van der Waals surface area contributed by atoms with E-state index in [2.05, 4.69) is 10.2 Å². The van der Waals surface area contributed by atoms with Gasteiger partial charge < -0.3 is 9.80 Å². The minimum atomic E-state index is -0.673. The van der Waals surface area contributed by atoms with E-state index in [-0.39, 0.29) is 18.2 Å². The van der Waals surface area contributed by atoms with E-state index in [4.69, 9.17) is 0 Å². The van der Waals surface area contributed by atoms with Crippen LogP contribution >= 0.6 is 11.8 Å². The lowest BCUT2D eigenvalue weighted by atomic mass is 10.0. The molecule has 6 nitrogen and oxygen atoms in total. The highest BCUT2D eigenvalue weighted by molar-refractivity contribution is 7.99. The summed E-state index contributed by atoms with van der Waals surface area (Å²) in [6.45, 7) is 4.04. The van der Waals surface area contributed by atoms with E-state index in [1.54, 1.807) is 11.8 Å². The number of carbonyl (C=O) groups is 3. The van der Waals surface area contributed by atoms with Gasteiger partial charge in [-0.15, -0.1) is 11.8 Å². The van der Waals surface area contributed by atoms with Gasteiger partial charge in [0, 0.05) is 23.4 Å². The van der Waals surface area contributed by atoms with E-state index in [0.717, 1.165) is 29.1 Å². The monoisotopic (exact) mass is 475 g/mol. The maximum Gasteiger partial charge on any atom is 0.255 e. The third-order valence-corrected chi connectivity index (χ3v) is 8.07. The van der Waals surface area contributed by atoms with Crippen LogP contribution in [-0.2, 0) is 16.1 Å². The van der Waals surface area contributed by atoms with E-state index in [0.29, 0.717) is 18.5 Å². The van der Waals surface area contributed by atoms with Gasteiger partial charge in [0.05, 0.1) is 0 Å². The van der Waals surface area contributed by atoms with E-state index >= 15 is 0 Å². The summed E-state index contributed by atoms with van der Waals surface area (Å²) in [4.78, 5) is 41.4. The topological polar surface area (TPSA) is 69.7 Å². The molecule has 0 spiro atoms. The first kappa shape index (κ1) is 24.2. The van der Waals surface area contributed by atoms with Crippen molar-refractivity contribution in [2.45, 2.75) is 81.7 Å². The number of hydrogen-bond donors (Lipinski definition) is 1. The number of fused-ring (bicyclic) bond motifs is 1. The Morgan fingerprint density at radius 2 is 1.76 bits per heavy atom. The van der Waals surface area contributed by atoms with Crippen molar-refractivity contribution in [1.82, 2.24) is 15.1 Å². The molecule has 0 aliphatic carbocycles. The van der Waals surface area contributed by atoms with Crippen LogP contribution in [0.15, 0.2) is 17.0 Å². The molecule has 1 atom stereocenters. The highest BCUT2D eigenvalue weighted by atomic mass is 32.2. The van der Waals surface area contributed by atoms with Gasteiger partial charge in [-0.05, 0) is 75.2 Å². The van der Waals surface area contributed by atoms with Crippen LogP contribution in [0.25, 0.3) is 0 Å². The molecule has 4 rings (SSSR count). The standard InChI is InChI=1S/C25H34FN3O3S/c26-18-15-19-20(17-29(25(19)32)21-9-10-23(30)27-24(21)31)22(16-18)33-14-8-3-1-2-5-11-28-12-6-4-7-13-28/h15-16,21H,1-14,17H2,(H,27,30,31). The normalized spacial score (nSPS) is 21.4. The lowest BCUT2D eigenvalue weighted by molar-refractivity contribution is -0.136. The number of hydrogen-bond acceptors (Lipinski definition) is 5. The van der Waals surface area contributed by atoms with E-state index in [1.165, 1.54) is 75.2 Å². The van der Waals surface area contributed by atoms with Crippen molar-refractivity contribution >= 4 is 29.5 Å². The van der Waals surface area contributed by atoms with Crippen LogP contribution in [0.3, 0.4) is 0 Å². The van der Waals surface area contributed by atoms with Gasteiger partial charge in [-0.3, -0.25) is 19.7 Å². The van der Waals surface area contributed by atoms with Gasteiger partial charge in [0.15, 0.2) is 0 Å². The number of benzene rings is 1. The zero-order valence-electron chi connectivity index (χ0n) is 19.2. The van der Waals surface area contributed by atoms with Gasteiger partial charge in [-0.1, -0.05) is 25.7 Å². The second-order valence-corrected chi connectivity index (χ2v) is 10.5. The maximum absolute atomic E-state index is 14.2. The summed E-state index contributed by atoms with van der Waals surface area (Å²) in [6.07, 6.45) is 10.6. The van der Waals surface area contributed by atoms with Gasteiger partial charge >= 0.3 is 0 Å². The molecule has 33 heavy (non-hydrogen) atoms. The Labute approximate surface area is 199 Å². The molecule has 3 amide bonds. The molecule has 0 aromatic heterocycles. The summed E-state index contributed by atoms with van der Waals surface area (Å²) in [5, 5.41) is 2.31. The maximum atomic E-state index is 14.2. The van der Waals surface area contributed by atoms with Gasteiger partial charge in [0.1, 0.15) is 11.9 Å². The Kier molecular flexibility index (Phi) is 8.41. The van der Waals surface area contributed by atoms with E-state index < -0.39 is 17.8 Å². The number of amides is 3. The largest absolute Gasteiger partial charge is 0.322 e. The predicted molar refractivity (Wildman–Crippen MR) is 127 cm³/mol. The number of carbonyl (C=O) groups excluding carboxylic acids is 3. The summed E-state index contributed by atoms with van der Waals surface area (Å²) in [5.74, 6) is -0.618. The molecule has 0 radical (unpaired) electrons. The lowest BCUT2D eigenvalue weighted by Crippen LogP contribution is -2.52. The van der Waals surface area contributed by atoms with Crippen molar-refractivity contribution in [3.8, 4) is 0 Å². The molecule has 3 heterocycles. The second kappa shape index (κ2) is 11.5. The summed E-state index contributed by atoms with van der Waals surface area (Å²) in [6, 6.07) is 2.10. The van der Waals surface area contributed by atoms with Crippen molar-refractivity contribution in [1.29, 1.82) is 0 Å². The molecule has 3 aliphatic rings. The minimum Gasteiger partial charge on any atom is -0.322 e. The van der Waals surface area contributed by atoms with Crippen LogP contribution in [-0.4, -0.2) is 59.0 Å². The molecule has 1 aromatic carbocycles. The Balaban J connectivity index is 1.23. The zero-order valence-corrected chi connectivity index (χ0v) is 20.1. The fraction of sp³-hybridized carbons (Fsp3) is 0.640. The van der Waals surface area contributed by atoms with E-state index in [9.17, 15) is 18.8 Å². The average molecular weight is 476 g/mol. The molecule has 1 N–H and O–H groups in total. The number of thioether (sulfide) groups is 1. The lowest BCUT2D eigenvalue weighted by Gasteiger charge is -2.29. The Morgan fingerprint density at radius 3 is 2.55 bits per heavy atom. The highest BCUT2D eigenvalue weighted by Crippen LogP contribution is 2.35. The third kappa shape index (κ3) is 6.15. The second-order valence-electron chi connectivity index (χ2n) is 9.35. The fourth-order valence-corrected chi connectivity index (χ4v) is 6.17. The predicted octanol–water partition coefficient (Wildman–Crippen LogP) is 4.12. The molecule has 0 saturated carbocycles. The molecule has 2 saturated heterocycles. The van der Waals surface area contributed by atoms with Crippen LogP contribution in [0, 0.1) is 5.82 Å². The van der Waals surface area contributed by atoms with Crippen molar-refractivity contribution < 1.29 is 18.8 Å². The number of nitrogens with one attached hydrogen (secondary N) is 1. The first-order valence-corrected chi connectivity index (χ1v) is 13.3. The summed E-state index contributed by atoms with van der Waals surface area (Å²) in [7, 11) is 0. The Morgan fingerprint density at radius 1 is 1.00 bits per heavy atom. The van der Waals surface area contributed by atoms with Crippen LogP contribution in [0.5, 0.6) is 0 Å². The number of unbranched alkanes of at least 4 members (excludes halogenated alkanes) is 4. The minimum absolute atomic E-state index is 0.213. The summed E-state index contributed by atoms with van der Waals surface area (Å²) >= 11 is 1.60. The van der Waals surface area contributed by atoms with Crippen LogP contribution in [0.1, 0.15) is 80.1 Å². The van der Waals surface area contributed by atoms with E-state index in [1.807, 2.05) is 0 Å². The fourth-order valence-electron chi connectivity index (χ4n) is 5.06. The number of piperidine rings is 2. The first-order valence-electron chi connectivity index (χ1n) is 12.3. The molecule has 1 unspecified atom stereocenters. The molecule has 3 aliphatic heterocycles. The molecule has 180 valence electrons. The van der Waals surface area contributed by atoms with Crippen molar-refractivity contribution in [3.05, 3.63) is 29.1 Å². The SMILES string of the molecule is O=C1CCC(N2Cc3c(SCCCCCCCN4CCCCC4)cc(F)cc3C2=O)C(=O)N1. The quantitative estimate of drug-likeness (QED) is 0.313. The summed E-state index contributed by atoms with van der Waals surface area (Å²) in [5.41, 5.74) is 1.15. The van der Waals surface area contributed by atoms with Crippen LogP contribution in [0.2, 0.25) is 0 Å². The van der Waals surface area contributed by atoms with Gasteiger partial charge in [-0.2, -0.15) is 0 Å². The molecule has 0 bridgehead atoms. The first-order chi connectivity index (χ1) is 16.0. The zero-order chi connectivity index (χ0) is 23.2.